The molecule has 0 aliphatic heterocycles. The summed E-state index contributed by atoms with van der Waals surface area (Å²) in [5.41, 5.74) is 7.08. The monoisotopic (exact) mass is 271 g/mol. The van der Waals surface area contributed by atoms with Crippen molar-refractivity contribution in [1.82, 2.24) is 5.43 Å². The largest absolute Gasteiger partial charge is 0.503 e. The van der Waals surface area contributed by atoms with E-state index < -0.39 is 11.8 Å². The lowest BCUT2D eigenvalue weighted by atomic mass is 10.2. The Morgan fingerprint density at radius 3 is 2.78 bits per heavy atom. The van der Waals surface area contributed by atoms with Crippen LogP contribution in [0, 0.1) is 0 Å². The van der Waals surface area contributed by atoms with Crippen molar-refractivity contribution in [1.29, 1.82) is 0 Å². The van der Waals surface area contributed by atoms with Crippen molar-refractivity contribution in [3.05, 3.63) is 22.7 Å². The summed E-state index contributed by atoms with van der Waals surface area (Å²) in [4.78, 5) is 21.2. The van der Waals surface area contributed by atoms with Crippen LogP contribution in [0.3, 0.4) is 0 Å². The number of hydrogen-bond donors (Lipinski definition) is 3. The van der Waals surface area contributed by atoms with Crippen molar-refractivity contribution >= 4 is 29.6 Å². The van der Waals surface area contributed by atoms with Gasteiger partial charge in [-0.05, 0) is 17.7 Å². The van der Waals surface area contributed by atoms with Gasteiger partial charge in [-0.15, -0.1) is 0 Å². The number of hydrogen-bond acceptors (Lipinski definition) is 5. The molecule has 0 unspecified atom stereocenters. The van der Waals surface area contributed by atoms with Crippen LogP contribution in [0.15, 0.2) is 17.2 Å². The molecular weight excluding hydrogens is 262 g/mol. The first-order valence-corrected chi connectivity index (χ1v) is 5.03. The number of nitrogens with zero attached hydrogens (tertiary/aromatic N) is 1. The predicted octanol–water partition coefficient (Wildman–Crippen LogP) is -0.0104. The van der Waals surface area contributed by atoms with Crippen LogP contribution in [0.5, 0.6) is 11.5 Å². The maximum atomic E-state index is 10.8. The van der Waals surface area contributed by atoms with E-state index in [-0.39, 0.29) is 16.5 Å². The number of carbonyl (C=O) groups excluding carboxylic acids is 2. The van der Waals surface area contributed by atoms with Gasteiger partial charge in [-0.2, -0.15) is 5.10 Å². The van der Waals surface area contributed by atoms with E-state index in [0.717, 1.165) is 0 Å². The Hall–Kier alpha value is -2.28. The molecule has 0 saturated heterocycles. The number of nitrogens with two attached hydrogens (primary N) is 1. The summed E-state index contributed by atoms with van der Waals surface area (Å²) >= 11 is 5.74. The van der Waals surface area contributed by atoms with E-state index in [0.29, 0.717) is 5.56 Å². The Morgan fingerprint density at radius 2 is 2.22 bits per heavy atom. The number of methoxy groups -OCH3 is 1. The van der Waals surface area contributed by atoms with Gasteiger partial charge in [0.25, 0.3) is 0 Å². The van der Waals surface area contributed by atoms with E-state index in [2.05, 4.69) is 5.10 Å². The van der Waals surface area contributed by atoms with E-state index in [1.807, 2.05) is 5.43 Å². The van der Waals surface area contributed by atoms with Gasteiger partial charge in [0.05, 0.1) is 18.3 Å². The topological polar surface area (TPSA) is 114 Å². The smallest absolute Gasteiger partial charge is 0.329 e. The number of nitrogens with one attached hydrogen (secondary N) is 1. The first kappa shape index (κ1) is 13.8. The van der Waals surface area contributed by atoms with Gasteiger partial charge in [0.15, 0.2) is 11.5 Å². The van der Waals surface area contributed by atoms with Crippen molar-refractivity contribution in [2.24, 2.45) is 10.8 Å². The second-order valence-corrected chi connectivity index (χ2v) is 3.52. The highest BCUT2D eigenvalue weighted by atomic mass is 35.5. The van der Waals surface area contributed by atoms with Gasteiger partial charge in [-0.25, -0.2) is 5.43 Å². The van der Waals surface area contributed by atoms with Crippen LogP contribution >= 0.6 is 11.6 Å². The fourth-order valence-corrected chi connectivity index (χ4v) is 1.26. The standard InChI is InChI=1S/C10H10ClN3O4/c1-18-7-3-5(2-6(11)8(7)15)4-13-14-10(17)9(12)16/h2-4,15H,1H3,(H2,12,16)(H,14,17)/b13-4+. The maximum absolute atomic E-state index is 10.8. The average molecular weight is 272 g/mol. The zero-order chi connectivity index (χ0) is 13.7. The van der Waals surface area contributed by atoms with Crippen LogP contribution in [0.1, 0.15) is 5.56 Å². The molecule has 18 heavy (non-hydrogen) atoms. The molecule has 0 atom stereocenters. The van der Waals surface area contributed by atoms with Crippen LogP contribution in [-0.2, 0) is 9.59 Å². The van der Waals surface area contributed by atoms with E-state index in [4.69, 9.17) is 22.1 Å². The maximum Gasteiger partial charge on any atom is 0.329 e. The number of rotatable bonds is 3. The Labute approximate surface area is 107 Å². The molecule has 7 nitrogen and oxygen atoms in total. The molecule has 0 aromatic heterocycles. The number of primary amides is 1. The number of hydrazone groups is 1. The molecule has 1 rings (SSSR count). The van der Waals surface area contributed by atoms with Crippen molar-refractivity contribution < 1.29 is 19.4 Å². The lowest BCUT2D eigenvalue weighted by Crippen LogP contribution is -2.32. The third-order valence-electron chi connectivity index (χ3n) is 1.87. The Balaban J connectivity index is 2.85. The fourth-order valence-electron chi connectivity index (χ4n) is 1.04. The van der Waals surface area contributed by atoms with E-state index in [1.54, 1.807) is 0 Å². The number of phenols is 1. The number of benzene rings is 1. The Bertz CT molecular complexity index is 516. The van der Waals surface area contributed by atoms with Crippen molar-refractivity contribution in [2.75, 3.05) is 7.11 Å². The van der Waals surface area contributed by atoms with Gasteiger partial charge >= 0.3 is 11.8 Å². The van der Waals surface area contributed by atoms with Gasteiger partial charge in [0.1, 0.15) is 0 Å². The summed E-state index contributed by atoms with van der Waals surface area (Å²) in [7, 11) is 1.36. The molecule has 2 amide bonds. The summed E-state index contributed by atoms with van der Waals surface area (Å²) in [6.45, 7) is 0. The lowest BCUT2D eigenvalue weighted by Gasteiger charge is -2.05. The summed E-state index contributed by atoms with van der Waals surface area (Å²) in [5, 5.41) is 13.0. The molecule has 1 aromatic carbocycles. The van der Waals surface area contributed by atoms with Gasteiger partial charge in [-0.1, -0.05) is 11.6 Å². The van der Waals surface area contributed by atoms with Crippen molar-refractivity contribution in [3.8, 4) is 11.5 Å². The van der Waals surface area contributed by atoms with Crippen LogP contribution in [0.2, 0.25) is 5.02 Å². The zero-order valence-corrected chi connectivity index (χ0v) is 10.1. The number of amides is 2. The first-order valence-electron chi connectivity index (χ1n) is 4.65. The number of carbonyl (C=O) groups is 2. The molecule has 0 spiro atoms. The third-order valence-corrected chi connectivity index (χ3v) is 2.16. The molecule has 0 aliphatic rings. The molecule has 4 N–H and O–H groups in total. The zero-order valence-electron chi connectivity index (χ0n) is 9.31. The fraction of sp³-hybridized carbons (Fsp3) is 0.100. The molecule has 0 heterocycles. The van der Waals surface area contributed by atoms with Gasteiger partial charge in [-0.3, -0.25) is 9.59 Å². The molecule has 0 radical (unpaired) electrons. The number of aromatic hydroxyl groups is 1. The van der Waals surface area contributed by atoms with Crippen LogP contribution in [0.25, 0.3) is 0 Å². The highest BCUT2D eigenvalue weighted by Crippen LogP contribution is 2.34. The van der Waals surface area contributed by atoms with E-state index in [9.17, 15) is 14.7 Å². The summed E-state index contributed by atoms with van der Waals surface area (Å²) in [6, 6.07) is 2.85. The predicted molar refractivity (Wildman–Crippen MR) is 64.6 cm³/mol. The van der Waals surface area contributed by atoms with Crippen molar-refractivity contribution in [3.63, 3.8) is 0 Å². The van der Waals surface area contributed by atoms with Crippen LogP contribution in [-0.4, -0.2) is 30.2 Å². The summed E-state index contributed by atoms with van der Waals surface area (Å²) < 4.78 is 4.87. The number of phenolic OH excluding ortho intramolecular Hbond substituents is 1. The minimum absolute atomic E-state index is 0.0667. The molecule has 0 saturated carbocycles. The van der Waals surface area contributed by atoms with Crippen LogP contribution < -0.4 is 15.9 Å². The van der Waals surface area contributed by atoms with E-state index in [1.165, 1.54) is 25.5 Å². The molecule has 0 aliphatic carbocycles. The molecule has 8 heteroatoms. The SMILES string of the molecule is COc1cc(/C=N/NC(=O)C(N)=O)cc(Cl)c1O. The third kappa shape index (κ3) is 3.36. The average Bonchev–Trinajstić information content (AvgIpc) is 2.33. The van der Waals surface area contributed by atoms with E-state index >= 15 is 0 Å². The summed E-state index contributed by atoms with van der Waals surface area (Å²) in [6.07, 6.45) is 1.22. The van der Waals surface area contributed by atoms with Crippen molar-refractivity contribution in [2.45, 2.75) is 0 Å². The normalized spacial score (nSPS) is 10.3. The van der Waals surface area contributed by atoms with Gasteiger partial charge in [0, 0.05) is 0 Å². The molecule has 1 aromatic rings. The first-order chi connectivity index (χ1) is 8.45. The molecule has 0 bridgehead atoms. The highest BCUT2D eigenvalue weighted by Gasteiger charge is 2.08. The minimum Gasteiger partial charge on any atom is -0.503 e. The van der Waals surface area contributed by atoms with Crippen LogP contribution in [0.4, 0.5) is 0 Å². The second-order valence-electron chi connectivity index (χ2n) is 3.12. The number of ether oxygens (including phenoxy) is 1. The lowest BCUT2D eigenvalue weighted by molar-refractivity contribution is -0.137. The molecule has 96 valence electrons. The molecular formula is C10H10ClN3O4. The van der Waals surface area contributed by atoms with Gasteiger partial charge < -0.3 is 15.6 Å². The van der Waals surface area contributed by atoms with Gasteiger partial charge in [0.2, 0.25) is 0 Å². The second kappa shape index (κ2) is 5.87. The minimum atomic E-state index is -1.14. The Morgan fingerprint density at radius 1 is 1.56 bits per heavy atom. The quantitative estimate of drug-likeness (QED) is 0.407. The number of halogens is 1. The molecule has 0 fully saturated rings. The Kier molecular flexibility index (Phi) is 4.50. The highest BCUT2D eigenvalue weighted by molar-refractivity contribution is 6.34. The summed E-state index contributed by atoms with van der Waals surface area (Å²) in [5.74, 6) is -2.22.